The maximum Gasteiger partial charge on any atom is 0.338 e. The highest BCUT2D eigenvalue weighted by molar-refractivity contribution is 7.99. The first kappa shape index (κ1) is 19.5. The van der Waals surface area contributed by atoms with Crippen molar-refractivity contribution in [3.63, 3.8) is 0 Å². The first-order valence-corrected chi connectivity index (χ1v) is 8.75. The Bertz CT molecular complexity index is 502. The van der Waals surface area contributed by atoms with Gasteiger partial charge in [0.2, 0.25) is 0 Å². The summed E-state index contributed by atoms with van der Waals surface area (Å²) in [7, 11) is 0. The van der Waals surface area contributed by atoms with Crippen molar-refractivity contribution in [3.05, 3.63) is 29.8 Å². The molecule has 0 unspecified atom stereocenters. The standard InChI is InChI=1S/C17H25NO4S/c1-12(2)11-18-16(20)13(3)22-17(21)14-5-7-15(8-6-14)23-10-4-9-19/h5-8,12-13,19H,4,9-11H2,1-3H3,(H,18,20)/t13-/m0/s1. The molecule has 5 nitrogen and oxygen atoms in total. The molecule has 0 radical (unpaired) electrons. The van der Waals surface area contributed by atoms with Gasteiger partial charge in [-0.15, -0.1) is 11.8 Å². The first-order valence-electron chi connectivity index (χ1n) is 7.76. The van der Waals surface area contributed by atoms with Crippen LogP contribution in [-0.4, -0.2) is 42.0 Å². The number of hydrogen-bond donors (Lipinski definition) is 2. The summed E-state index contributed by atoms with van der Waals surface area (Å²) in [5, 5.41) is 11.5. The zero-order valence-electron chi connectivity index (χ0n) is 13.9. The highest BCUT2D eigenvalue weighted by atomic mass is 32.2. The van der Waals surface area contributed by atoms with Crippen molar-refractivity contribution in [2.75, 3.05) is 18.9 Å². The summed E-state index contributed by atoms with van der Waals surface area (Å²) in [4.78, 5) is 24.9. The topological polar surface area (TPSA) is 75.6 Å². The van der Waals surface area contributed by atoms with Crippen molar-refractivity contribution in [1.82, 2.24) is 5.32 Å². The fourth-order valence-corrected chi connectivity index (χ4v) is 2.51. The maximum absolute atomic E-state index is 12.0. The Balaban J connectivity index is 2.49. The summed E-state index contributed by atoms with van der Waals surface area (Å²) in [6.07, 6.45) is -0.0860. The van der Waals surface area contributed by atoms with E-state index in [0.29, 0.717) is 18.0 Å². The molecule has 0 aromatic heterocycles. The van der Waals surface area contributed by atoms with E-state index >= 15 is 0 Å². The largest absolute Gasteiger partial charge is 0.449 e. The lowest BCUT2D eigenvalue weighted by atomic mass is 10.2. The van der Waals surface area contributed by atoms with Crippen LogP contribution in [0.3, 0.4) is 0 Å². The van der Waals surface area contributed by atoms with Gasteiger partial charge in [0, 0.05) is 23.8 Å². The van der Waals surface area contributed by atoms with E-state index in [1.54, 1.807) is 30.8 Å². The highest BCUT2D eigenvalue weighted by Crippen LogP contribution is 2.19. The normalized spacial score (nSPS) is 12.0. The van der Waals surface area contributed by atoms with Gasteiger partial charge in [-0.3, -0.25) is 4.79 Å². The van der Waals surface area contributed by atoms with Crippen LogP contribution < -0.4 is 5.32 Å². The monoisotopic (exact) mass is 339 g/mol. The van der Waals surface area contributed by atoms with Crippen LogP contribution in [0.1, 0.15) is 37.6 Å². The molecule has 0 saturated heterocycles. The van der Waals surface area contributed by atoms with E-state index in [1.807, 2.05) is 26.0 Å². The van der Waals surface area contributed by atoms with E-state index in [-0.39, 0.29) is 12.5 Å². The molecule has 0 aliphatic heterocycles. The molecule has 1 rings (SSSR count). The molecule has 0 fully saturated rings. The van der Waals surface area contributed by atoms with Gasteiger partial charge in [0.15, 0.2) is 6.10 Å². The second kappa shape index (κ2) is 10.3. The Kier molecular flexibility index (Phi) is 8.73. The minimum Gasteiger partial charge on any atom is -0.449 e. The van der Waals surface area contributed by atoms with E-state index in [0.717, 1.165) is 17.1 Å². The molecule has 1 amide bonds. The highest BCUT2D eigenvalue weighted by Gasteiger charge is 2.18. The Hall–Kier alpha value is -1.53. The second-order valence-electron chi connectivity index (χ2n) is 5.64. The average molecular weight is 339 g/mol. The van der Waals surface area contributed by atoms with Crippen molar-refractivity contribution in [2.45, 2.75) is 38.2 Å². The molecule has 0 spiro atoms. The number of esters is 1. The molecule has 1 atom stereocenters. The van der Waals surface area contributed by atoms with Crippen molar-refractivity contribution in [1.29, 1.82) is 0 Å². The van der Waals surface area contributed by atoms with Crippen molar-refractivity contribution >= 4 is 23.6 Å². The lowest BCUT2D eigenvalue weighted by molar-refractivity contribution is -0.129. The van der Waals surface area contributed by atoms with Crippen LogP contribution in [0.5, 0.6) is 0 Å². The summed E-state index contributed by atoms with van der Waals surface area (Å²) in [5.41, 5.74) is 0.417. The third-order valence-corrected chi connectivity index (χ3v) is 4.10. The van der Waals surface area contributed by atoms with Crippen LogP contribution in [0.2, 0.25) is 0 Å². The summed E-state index contributed by atoms with van der Waals surface area (Å²) < 4.78 is 5.18. The fraction of sp³-hybridized carbons (Fsp3) is 0.529. The van der Waals surface area contributed by atoms with Crippen LogP contribution in [0.15, 0.2) is 29.2 Å². The molecule has 1 aromatic rings. The molecule has 128 valence electrons. The summed E-state index contributed by atoms with van der Waals surface area (Å²) >= 11 is 1.62. The molecular weight excluding hydrogens is 314 g/mol. The lowest BCUT2D eigenvalue weighted by Crippen LogP contribution is -2.37. The number of carbonyl (C=O) groups is 2. The smallest absolute Gasteiger partial charge is 0.338 e. The van der Waals surface area contributed by atoms with Crippen LogP contribution >= 0.6 is 11.8 Å². The van der Waals surface area contributed by atoms with Crippen molar-refractivity contribution in [3.8, 4) is 0 Å². The van der Waals surface area contributed by atoms with Gasteiger partial charge in [-0.05, 0) is 43.5 Å². The molecule has 0 bridgehead atoms. The molecular formula is C17H25NO4S. The Morgan fingerprint density at radius 2 is 1.87 bits per heavy atom. The van der Waals surface area contributed by atoms with Gasteiger partial charge in [0.05, 0.1) is 5.56 Å². The molecule has 0 aliphatic rings. The summed E-state index contributed by atoms with van der Waals surface area (Å²) in [5.74, 6) is 0.373. The number of thioether (sulfide) groups is 1. The fourth-order valence-electron chi connectivity index (χ4n) is 1.67. The van der Waals surface area contributed by atoms with E-state index in [2.05, 4.69) is 5.32 Å². The second-order valence-corrected chi connectivity index (χ2v) is 6.80. The van der Waals surface area contributed by atoms with E-state index in [1.165, 1.54) is 0 Å². The number of rotatable bonds is 9. The average Bonchev–Trinajstić information content (AvgIpc) is 2.53. The van der Waals surface area contributed by atoms with Crippen LogP contribution in [0, 0.1) is 5.92 Å². The predicted molar refractivity (Wildman–Crippen MR) is 91.6 cm³/mol. The molecule has 1 aromatic carbocycles. The third kappa shape index (κ3) is 7.52. The molecule has 23 heavy (non-hydrogen) atoms. The third-order valence-electron chi connectivity index (χ3n) is 3.00. The SMILES string of the molecule is CC(C)CNC(=O)[C@H](C)OC(=O)c1ccc(SCCCO)cc1. The van der Waals surface area contributed by atoms with E-state index in [4.69, 9.17) is 9.84 Å². The number of benzene rings is 1. The number of carbonyl (C=O) groups excluding carboxylic acids is 2. The van der Waals surface area contributed by atoms with Crippen LogP contribution in [-0.2, 0) is 9.53 Å². The van der Waals surface area contributed by atoms with Gasteiger partial charge in [-0.25, -0.2) is 4.79 Å². The zero-order valence-corrected chi connectivity index (χ0v) is 14.7. The predicted octanol–water partition coefficient (Wildman–Crippen LogP) is 2.48. The minimum atomic E-state index is -0.820. The Labute approximate surface area is 141 Å². The van der Waals surface area contributed by atoms with Gasteiger partial charge in [0.25, 0.3) is 5.91 Å². The van der Waals surface area contributed by atoms with Gasteiger partial charge in [-0.1, -0.05) is 13.8 Å². The van der Waals surface area contributed by atoms with Gasteiger partial charge >= 0.3 is 5.97 Å². The van der Waals surface area contributed by atoms with Gasteiger partial charge in [-0.2, -0.15) is 0 Å². The number of aliphatic hydroxyl groups excluding tert-OH is 1. The van der Waals surface area contributed by atoms with E-state index < -0.39 is 12.1 Å². The van der Waals surface area contributed by atoms with E-state index in [9.17, 15) is 9.59 Å². The Morgan fingerprint density at radius 3 is 2.43 bits per heavy atom. The van der Waals surface area contributed by atoms with Gasteiger partial charge in [0.1, 0.15) is 0 Å². The molecule has 0 heterocycles. The number of aliphatic hydroxyl groups is 1. The van der Waals surface area contributed by atoms with Crippen LogP contribution in [0.25, 0.3) is 0 Å². The Morgan fingerprint density at radius 1 is 1.22 bits per heavy atom. The summed E-state index contributed by atoms with van der Waals surface area (Å²) in [6.45, 7) is 6.29. The van der Waals surface area contributed by atoms with Crippen LogP contribution in [0.4, 0.5) is 0 Å². The molecule has 2 N–H and O–H groups in total. The summed E-state index contributed by atoms with van der Waals surface area (Å²) in [6, 6.07) is 7.04. The van der Waals surface area contributed by atoms with Crippen molar-refractivity contribution < 1.29 is 19.4 Å². The number of hydrogen-bond acceptors (Lipinski definition) is 5. The van der Waals surface area contributed by atoms with Gasteiger partial charge < -0.3 is 15.2 Å². The lowest BCUT2D eigenvalue weighted by Gasteiger charge is -2.14. The zero-order chi connectivity index (χ0) is 17.2. The number of nitrogens with one attached hydrogen (secondary N) is 1. The number of ether oxygens (including phenoxy) is 1. The number of amides is 1. The maximum atomic E-state index is 12.0. The quantitative estimate of drug-likeness (QED) is 0.411. The minimum absolute atomic E-state index is 0.175. The molecule has 0 saturated carbocycles. The first-order chi connectivity index (χ1) is 10.9. The molecule has 0 aliphatic carbocycles. The molecule has 6 heteroatoms. The van der Waals surface area contributed by atoms with Crippen molar-refractivity contribution in [2.24, 2.45) is 5.92 Å².